The highest BCUT2D eigenvalue weighted by Gasteiger charge is 2.43. The van der Waals surface area contributed by atoms with Crippen molar-refractivity contribution in [1.29, 1.82) is 0 Å². The van der Waals surface area contributed by atoms with Gasteiger partial charge in [0, 0.05) is 12.0 Å². The molecule has 0 amide bonds. The smallest absolute Gasteiger partial charge is 0.238 e. The first-order valence-corrected chi connectivity index (χ1v) is 7.80. The second-order valence-electron chi connectivity index (χ2n) is 6.07. The third kappa shape index (κ3) is 3.16. The number of aromatic nitrogens is 4. The molecule has 7 nitrogen and oxygen atoms in total. The van der Waals surface area contributed by atoms with Crippen molar-refractivity contribution in [3.8, 4) is 0 Å². The SMILES string of the molecule is CC1(c2nc(Cl)c3cnc(N)nn23)CC1.OC1CCCOC1. The molecule has 0 aromatic carbocycles. The molecule has 2 aliphatic rings. The molecular formula is C14H20ClN5O2. The molecule has 1 atom stereocenters. The van der Waals surface area contributed by atoms with Crippen LogP contribution in [0.3, 0.4) is 0 Å². The zero-order valence-electron chi connectivity index (χ0n) is 12.5. The van der Waals surface area contributed by atoms with E-state index >= 15 is 0 Å². The molecule has 1 aliphatic heterocycles. The van der Waals surface area contributed by atoms with Crippen LogP contribution in [0.25, 0.3) is 5.52 Å². The number of nitrogens with two attached hydrogens (primary N) is 1. The van der Waals surface area contributed by atoms with E-state index < -0.39 is 0 Å². The van der Waals surface area contributed by atoms with Crippen molar-refractivity contribution in [1.82, 2.24) is 19.6 Å². The lowest BCUT2D eigenvalue weighted by atomic mass is 10.1. The lowest BCUT2D eigenvalue weighted by Gasteiger charge is -2.15. The first kappa shape index (κ1) is 15.5. The van der Waals surface area contributed by atoms with Gasteiger partial charge in [-0.25, -0.2) is 14.5 Å². The molecule has 4 rings (SSSR count). The Kier molecular flexibility index (Phi) is 4.20. The van der Waals surface area contributed by atoms with Crippen molar-refractivity contribution in [2.24, 2.45) is 0 Å². The van der Waals surface area contributed by atoms with E-state index in [1.54, 1.807) is 10.7 Å². The molecule has 2 aromatic rings. The summed E-state index contributed by atoms with van der Waals surface area (Å²) >= 11 is 6.01. The zero-order valence-corrected chi connectivity index (χ0v) is 13.3. The predicted octanol–water partition coefficient (Wildman–Crippen LogP) is 1.57. The van der Waals surface area contributed by atoms with Crippen LogP contribution >= 0.6 is 11.6 Å². The first-order chi connectivity index (χ1) is 10.5. The molecule has 1 saturated carbocycles. The van der Waals surface area contributed by atoms with Gasteiger partial charge < -0.3 is 15.6 Å². The third-order valence-electron chi connectivity index (χ3n) is 4.04. The van der Waals surface area contributed by atoms with E-state index in [-0.39, 0.29) is 17.5 Å². The van der Waals surface area contributed by atoms with Crippen molar-refractivity contribution in [3.63, 3.8) is 0 Å². The van der Waals surface area contributed by atoms with Gasteiger partial charge in [0.1, 0.15) is 11.3 Å². The standard InChI is InChI=1S/C9H10ClN5.C5H10O2/c1-9(2-3-9)7-13-6(10)5-4-12-8(11)14-15(5)7;6-5-2-1-3-7-4-5/h4H,2-3H2,1H3,(H2,11,14);5-6H,1-4H2. The van der Waals surface area contributed by atoms with Gasteiger partial charge in [0.25, 0.3) is 0 Å². The van der Waals surface area contributed by atoms with Crippen molar-refractivity contribution >= 4 is 23.1 Å². The first-order valence-electron chi connectivity index (χ1n) is 7.43. The van der Waals surface area contributed by atoms with Gasteiger partial charge in [-0.05, 0) is 25.7 Å². The summed E-state index contributed by atoms with van der Waals surface area (Å²) < 4.78 is 6.64. The van der Waals surface area contributed by atoms with Crippen LogP contribution in [0.2, 0.25) is 5.15 Å². The summed E-state index contributed by atoms with van der Waals surface area (Å²) in [6, 6.07) is 0. The number of nitrogens with zero attached hydrogens (tertiary/aromatic N) is 4. The fraction of sp³-hybridized carbons (Fsp3) is 0.643. The maximum absolute atomic E-state index is 8.78. The van der Waals surface area contributed by atoms with Crippen molar-refractivity contribution in [2.45, 2.75) is 44.1 Å². The van der Waals surface area contributed by atoms with E-state index in [4.69, 9.17) is 27.2 Å². The number of hydrogen-bond donors (Lipinski definition) is 2. The molecule has 0 radical (unpaired) electrons. The van der Waals surface area contributed by atoms with Crippen molar-refractivity contribution in [3.05, 3.63) is 17.2 Å². The predicted molar refractivity (Wildman–Crippen MR) is 82.9 cm³/mol. The Hall–Kier alpha value is -1.44. The summed E-state index contributed by atoms with van der Waals surface area (Å²) in [7, 11) is 0. The molecule has 120 valence electrons. The lowest BCUT2D eigenvalue weighted by Crippen LogP contribution is -2.21. The van der Waals surface area contributed by atoms with E-state index in [0.29, 0.717) is 17.3 Å². The van der Waals surface area contributed by atoms with Gasteiger partial charge >= 0.3 is 0 Å². The van der Waals surface area contributed by atoms with Crippen LogP contribution in [0.1, 0.15) is 38.4 Å². The molecule has 2 fully saturated rings. The van der Waals surface area contributed by atoms with E-state index in [1.807, 2.05) is 0 Å². The highest BCUT2D eigenvalue weighted by molar-refractivity contribution is 6.32. The average Bonchev–Trinajstić information content (AvgIpc) is 3.16. The quantitative estimate of drug-likeness (QED) is 0.825. The molecule has 2 aromatic heterocycles. The van der Waals surface area contributed by atoms with Crippen LogP contribution in [-0.4, -0.2) is 44.0 Å². The molecule has 3 N–H and O–H groups in total. The molecule has 8 heteroatoms. The molecule has 0 bridgehead atoms. The Bertz CT molecular complexity index is 665. The fourth-order valence-corrected chi connectivity index (χ4v) is 2.60. The highest BCUT2D eigenvalue weighted by atomic mass is 35.5. The van der Waals surface area contributed by atoms with Gasteiger partial charge in [-0.3, -0.25) is 0 Å². The number of fused-ring (bicyclic) bond motifs is 1. The van der Waals surface area contributed by atoms with Gasteiger partial charge in [0.2, 0.25) is 5.95 Å². The normalized spacial score (nSPS) is 23.0. The van der Waals surface area contributed by atoms with Gasteiger partial charge in [-0.2, -0.15) is 0 Å². The topological polar surface area (TPSA) is 98.6 Å². The zero-order chi connectivity index (χ0) is 15.7. The van der Waals surface area contributed by atoms with Gasteiger partial charge in [-0.1, -0.05) is 18.5 Å². The Morgan fingerprint density at radius 3 is 2.82 bits per heavy atom. The van der Waals surface area contributed by atoms with E-state index in [1.165, 1.54) is 0 Å². The van der Waals surface area contributed by atoms with Crippen LogP contribution in [0.5, 0.6) is 0 Å². The second kappa shape index (κ2) is 5.98. The van der Waals surface area contributed by atoms with E-state index in [0.717, 1.165) is 38.1 Å². The number of hydrogen-bond acceptors (Lipinski definition) is 6. The Morgan fingerprint density at radius 2 is 2.27 bits per heavy atom. The summed E-state index contributed by atoms with van der Waals surface area (Å²) in [6.45, 7) is 3.52. The Labute approximate surface area is 133 Å². The lowest BCUT2D eigenvalue weighted by molar-refractivity contribution is -0.00535. The minimum Gasteiger partial charge on any atom is -0.391 e. The number of rotatable bonds is 1. The van der Waals surface area contributed by atoms with Gasteiger partial charge in [0.15, 0.2) is 5.15 Å². The van der Waals surface area contributed by atoms with Gasteiger partial charge in [-0.15, -0.1) is 5.10 Å². The van der Waals surface area contributed by atoms with E-state index in [9.17, 15) is 0 Å². The van der Waals surface area contributed by atoms with Gasteiger partial charge in [0.05, 0.1) is 18.9 Å². The highest BCUT2D eigenvalue weighted by Crippen LogP contribution is 2.47. The summed E-state index contributed by atoms with van der Waals surface area (Å²) in [5.41, 5.74) is 6.38. The maximum atomic E-state index is 8.78. The van der Waals surface area contributed by atoms with Crippen molar-refractivity contribution in [2.75, 3.05) is 18.9 Å². The van der Waals surface area contributed by atoms with Crippen LogP contribution in [-0.2, 0) is 10.2 Å². The molecule has 3 heterocycles. The minimum absolute atomic E-state index is 0.108. The molecule has 1 saturated heterocycles. The van der Waals surface area contributed by atoms with Crippen LogP contribution < -0.4 is 5.73 Å². The molecule has 0 spiro atoms. The summed E-state index contributed by atoms with van der Waals surface area (Å²) in [4.78, 5) is 8.24. The Balaban J connectivity index is 0.000000174. The number of nitrogen functional groups attached to an aromatic ring is 1. The summed E-state index contributed by atoms with van der Waals surface area (Å²) in [5, 5.41) is 13.4. The molecule has 22 heavy (non-hydrogen) atoms. The van der Waals surface area contributed by atoms with E-state index in [2.05, 4.69) is 22.0 Å². The minimum atomic E-state index is -0.186. The average molecular weight is 326 g/mol. The fourth-order valence-electron chi connectivity index (χ4n) is 2.39. The van der Waals surface area contributed by atoms with Crippen LogP contribution in [0.15, 0.2) is 6.20 Å². The third-order valence-corrected chi connectivity index (χ3v) is 4.32. The number of ether oxygens (including phenoxy) is 1. The molecule has 1 unspecified atom stereocenters. The van der Waals surface area contributed by atoms with Crippen molar-refractivity contribution < 1.29 is 9.84 Å². The van der Waals surface area contributed by atoms with Crippen LogP contribution in [0, 0.1) is 0 Å². The van der Waals surface area contributed by atoms with Crippen LogP contribution in [0.4, 0.5) is 5.95 Å². The summed E-state index contributed by atoms with van der Waals surface area (Å²) in [6.07, 6.45) is 5.58. The largest absolute Gasteiger partial charge is 0.391 e. The number of aliphatic hydroxyl groups excluding tert-OH is 1. The number of imidazole rings is 1. The second-order valence-corrected chi connectivity index (χ2v) is 6.43. The monoisotopic (exact) mass is 325 g/mol. The summed E-state index contributed by atoms with van der Waals surface area (Å²) in [5.74, 6) is 1.12. The molecule has 1 aliphatic carbocycles. The maximum Gasteiger partial charge on any atom is 0.238 e. The Morgan fingerprint density at radius 1 is 1.50 bits per heavy atom. The molecular weight excluding hydrogens is 306 g/mol. The number of anilines is 1. The number of aliphatic hydroxyl groups is 1. The number of halogens is 1.